The second-order valence-corrected chi connectivity index (χ2v) is 9.34. The Balaban J connectivity index is 1.34. The molecule has 2 aromatic rings. The molecule has 2 aliphatic heterocycles. The van der Waals surface area contributed by atoms with Crippen LogP contribution >= 0.6 is 0 Å². The minimum absolute atomic E-state index is 0.140. The number of ether oxygens (including phenoxy) is 3. The van der Waals surface area contributed by atoms with Crippen molar-refractivity contribution >= 4 is 0 Å². The zero-order valence-corrected chi connectivity index (χ0v) is 19.2. The molecule has 3 aliphatic rings. The quantitative estimate of drug-likeness (QED) is 0.709. The first-order valence-electron chi connectivity index (χ1n) is 11.9. The second-order valence-electron chi connectivity index (χ2n) is 9.34. The van der Waals surface area contributed by atoms with Gasteiger partial charge in [-0.3, -0.25) is 4.90 Å². The normalized spacial score (nSPS) is 28.9. The molecule has 1 aromatic heterocycles. The van der Waals surface area contributed by atoms with Gasteiger partial charge in [0.25, 0.3) is 0 Å². The molecule has 0 unspecified atom stereocenters. The molecule has 2 fully saturated rings. The Hall–Kier alpha value is -2.38. The fourth-order valence-corrected chi connectivity index (χ4v) is 5.77. The van der Waals surface area contributed by atoms with Crippen LogP contribution in [-0.2, 0) is 18.6 Å². The first-order chi connectivity index (χ1) is 15.5. The number of hydrogen-bond donors (Lipinski definition) is 1. The lowest BCUT2D eigenvalue weighted by molar-refractivity contribution is -0.0101. The van der Waals surface area contributed by atoms with Gasteiger partial charge in [-0.15, -0.1) is 0 Å². The highest BCUT2D eigenvalue weighted by molar-refractivity contribution is 5.40. The zero-order valence-electron chi connectivity index (χ0n) is 19.2. The summed E-state index contributed by atoms with van der Waals surface area (Å²) in [6.07, 6.45) is 4.65. The van der Waals surface area contributed by atoms with Crippen molar-refractivity contribution in [2.75, 3.05) is 26.3 Å². The first-order valence-corrected chi connectivity index (χ1v) is 11.9. The van der Waals surface area contributed by atoms with Crippen molar-refractivity contribution in [1.82, 2.24) is 14.9 Å². The van der Waals surface area contributed by atoms with Gasteiger partial charge in [-0.25, -0.2) is 4.98 Å². The van der Waals surface area contributed by atoms with Crippen LogP contribution in [0, 0.1) is 11.8 Å². The Morgan fingerprint density at radius 3 is 2.88 bits per heavy atom. The van der Waals surface area contributed by atoms with E-state index in [2.05, 4.69) is 40.0 Å². The summed E-state index contributed by atoms with van der Waals surface area (Å²) in [7, 11) is 0. The summed E-state index contributed by atoms with van der Waals surface area (Å²) in [5.41, 5.74) is 2.33. The predicted octanol–water partition coefficient (Wildman–Crippen LogP) is 3.33. The molecular formula is C25H33N3O4. The summed E-state index contributed by atoms with van der Waals surface area (Å²) in [4.78, 5) is 11.3. The second kappa shape index (κ2) is 8.52. The average molecular weight is 440 g/mol. The molecular weight excluding hydrogens is 406 g/mol. The van der Waals surface area contributed by atoms with Crippen molar-refractivity contribution in [3.05, 3.63) is 41.1 Å². The molecule has 3 heterocycles. The van der Waals surface area contributed by atoms with E-state index in [0.717, 1.165) is 38.2 Å². The number of aromatic nitrogens is 2. The zero-order chi connectivity index (χ0) is 22.3. The van der Waals surface area contributed by atoms with E-state index >= 15 is 0 Å². The van der Waals surface area contributed by atoms with Crippen LogP contribution in [0.5, 0.6) is 17.6 Å². The van der Waals surface area contributed by atoms with Gasteiger partial charge in [0.1, 0.15) is 17.5 Å². The number of aliphatic hydroxyl groups is 1. The minimum atomic E-state index is -0.976. The van der Waals surface area contributed by atoms with Crippen LogP contribution in [0.15, 0.2) is 24.4 Å². The van der Waals surface area contributed by atoms with Crippen molar-refractivity contribution in [2.24, 2.45) is 11.8 Å². The summed E-state index contributed by atoms with van der Waals surface area (Å²) in [6.45, 7) is 9.64. The van der Waals surface area contributed by atoms with Crippen molar-refractivity contribution in [1.29, 1.82) is 0 Å². The molecule has 1 saturated heterocycles. The molecule has 1 aromatic carbocycles. The van der Waals surface area contributed by atoms with Crippen LogP contribution in [0.3, 0.4) is 0 Å². The maximum absolute atomic E-state index is 11.9. The Labute approximate surface area is 189 Å². The number of likely N-dealkylation sites (tertiary alicyclic amines) is 1. The summed E-state index contributed by atoms with van der Waals surface area (Å²) >= 11 is 0. The molecule has 4 atom stereocenters. The predicted molar refractivity (Wildman–Crippen MR) is 120 cm³/mol. The van der Waals surface area contributed by atoms with E-state index in [0.29, 0.717) is 43.0 Å². The third-order valence-electron chi connectivity index (χ3n) is 7.15. The molecule has 0 bridgehead atoms. The summed E-state index contributed by atoms with van der Waals surface area (Å²) < 4.78 is 17.1. The average Bonchev–Trinajstić information content (AvgIpc) is 3.43. The number of hydrogen-bond acceptors (Lipinski definition) is 7. The van der Waals surface area contributed by atoms with E-state index < -0.39 is 5.60 Å². The van der Waals surface area contributed by atoms with E-state index in [1.54, 1.807) is 6.20 Å². The van der Waals surface area contributed by atoms with Gasteiger partial charge >= 0.3 is 6.01 Å². The lowest BCUT2D eigenvalue weighted by atomic mass is 9.83. The van der Waals surface area contributed by atoms with Gasteiger partial charge in [0.15, 0.2) is 0 Å². The monoisotopic (exact) mass is 439 g/mol. The third kappa shape index (κ3) is 3.82. The Bertz CT molecular complexity index is 984. The Morgan fingerprint density at radius 1 is 1.22 bits per heavy atom. The van der Waals surface area contributed by atoms with Gasteiger partial charge < -0.3 is 19.3 Å². The first kappa shape index (κ1) is 21.5. The molecule has 5 rings (SSSR count). The standard InChI is InChI=1S/C25H33N3O4/c1-4-30-23-20(12-26-24(27-23)31-5-2)25(29)9-8-18-14-28(15-21(18)25)13-17-6-7-22-19(11-17)10-16(3)32-22/h6-7,11-12,16,18,21,29H,4-5,8-10,13-15H2,1-3H3/t16-,18-,21+,25+/m1/s1. The van der Waals surface area contributed by atoms with E-state index in [4.69, 9.17) is 14.2 Å². The molecule has 7 heteroatoms. The van der Waals surface area contributed by atoms with Crippen molar-refractivity contribution in [2.45, 2.75) is 58.3 Å². The molecule has 0 spiro atoms. The van der Waals surface area contributed by atoms with Crippen LogP contribution in [-0.4, -0.2) is 52.4 Å². The van der Waals surface area contributed by atoms with E-state index in [9.17, 15) is 5.11 Å². The molecule has 1 saturated carbocycles. The van der Waals surface area contributed by atoms with Crippen LogP contribution in [0.4, 0.5) is 0 Å². The van der Waals surface area contributed by atoms with Crippen LogP contribution in [0.25, 0.3) is 0 Å². The lowest BCUT2D eigenvalue weighted by Crippen LogP contribution is -2.35. The van der Waals surface area contributed by atoms with Gasteiger partial charge in [0, 0.05) is 38.2 Å². The SMILES string of the molecule is CCOc1ncc([C@@]2(O)CC[C@@H]3CN(Cc4ccc5c(c4)C[C@@H](C)O5)C[C@@H]32)c(OCC)n1. The smallest absolute Gasteiger partial charge is 0.319 e. The maximum atomic E-state index is 11.9. The van der Waals surface area contributed by atoms with Crippen molar-refractivity contribution in [3.63, 3.8) is 0 Å². The van der Waals surface area contributed by atoms with Crippen LogP contribution in [0.2, 0.25) is 0 Å². The number of rotatable bonds is 7. The van der Waals surface area contributed by atoms with Crippen LogP contribution < -0.4 is 14.2 Å². The largest absolute Gasteiger partial charge is 0.490 e. The number of fused-ring (bicyclic) bond motifs is 2. The minimum Gasteiger partial charge on any atom is -0.490 e. The summed E-state index contributed by atoms with van der Waals surface area (Å²) in [5.74, 6) is 2.06. The number of nitrogens with zero attached hydrogens (tertiary/aromatic N) is 3. The molecule has 7 nitrogen and oxygen atoms in total. The Morgan fingerprint density at radius 2 is 2.06 bits per heavy atom. The lowest BCUT2D eigenvalue weighted by Gasteiger charge is -2.31. The number of benzene rings is 1. The van der Waals surface area contributed by atoms with Gasteiger partial charge in [0.05, 0.1) is 18.8 Å². The van der Waals surface area contributed by atoms with Crippen molar-refractivity contribution < 1.29 is 19.3 Å². The van der Waals surface area contributed by atoms with Crippen LogP contribution in [0.1, 0.15) is 50.3 Å². The molecule has 1 N–H and O–H groups in total. The molecule has 0 amide bonds. The highest BCUT2D eigenvalue weighted by Gasteiger charge is 2.54. The van der Waals surface area contributed by atoms with Gasteiger partial charge in [-0.05, 0) is 56.7 Å². The van der Waals surface area contributed by atoms with Gasteiger partial charge in [-0.2, -0.15) is 4.98 Å². The highest BCUT2D eigenvalue weighted by Crippen LogP contribution is 2.52. The van der Waals surface area contributed by atoms with E-state index in [1.807, 2.05) is 13.8 Å². The molecule has 1 aliphatic carbocycles. The highest BCUT2D eigenvalue weighted by atomic mass is 16.5. The van der Waals surface area contributed by atoms with Gasteiger partial charge in [-0.1, -0.05) is 12.1 Å². The fraction of sp³-hybridized carbons (Fsp3) is 0.600. The molecule has 0 radical (unpaired) electrons. The Kier molecular flexibility index (Phi) is 5.72. The fourth-order valence-electron chi connectivity index (χ4n) is 5.77. The van der Waals surface area contributed by atoms with E-state index in [1.165, 1.54) is 11.1 Å². The topological polar surface area (TPSA) is 76.9 Å². The van der Waals surface area contributed by atoms with Crippen molar-refractivity contribution in [3.8, 4) is 17.6 Å². The van der Waals surface area contributed by atoms with Gasteiger partial charge in [0.2, 0.25) is 5.88 Å². The molecule has 32 heavy (non-hydrogen) atoms. The summed E-state index contributed by atoms with van der Waals surface area (Å²) in [5, 5.41) is 11.9. The summed E-state index contributed by atoms with van der Waals surface area (Å²) in [6, 6.07) is 6.85. The molecule has 172 valence electrons. The van der Waals surface area contributed by atoms with E-state index in [-0.39, 0.29) is 12.0 Å². The maximum Gasteiger partial charge on any atom is 0.319 e. The third-order valence-corrected chi connectivity index (χ3v) is 7.15.